The molecule has 2 aliphatic heterocycles. The highest BCUT2D eigenvalue weighted by molar-refractivity contribution is 5.75. The number of hydrogen-bond donors (Lipinski definition) is 1. The summed E-state index contributed by atoms with van der Waals surface area (Å²) in [5, 5.41) is 3.16. The third kappa shape index (κ3) is 5.49. The van der Waals surface area contributed by atoms with Crippen LogP contribution in [0.5, 0.6) is 0 Å². The maximum Gasteiger partial charge on any atom is 0.416 e. The van der Waals surface area contributed by atoms with Crippen LogP contribution in [0.3, 0.4) is 0 Å². The zero-order chi connectivity index (χ0) is 23.8. The van der Waals surface area contributed by atoms with Gasteiger partial charge in [-0.05, 0) is 60.7 Å². The van der Waals surface area contributed by atoms with Gasteiger partial charge in [0.25, 0.3) is 0 Å². The van der Waals surface area contributed by atoms with Crippen LogP contribution in [0.25, 0.3) is 0 Å². The molecular formula is C25H31F3N4O. The van der Waals surface area contributed by atoms with E-state index in [4.69, 9.17) is 0 Å². The molecule has 0 radical (unpaired) electrons. The van der Waals surface area contributed by atoms with Gasteiger partial charge in [-0.1, -0.05) is 26.0 Å². The second-order valence-corrected chi connectivity index (χ2v) is 9.72. The molecule has 2 aromatic rings. The van der Waals surface area contributed by atoms with Crippen LogP contribution in [0.1, 0.15) is 47.7 Å². The quantitative estimate of drug-likeness (QED) is 0.733. The summed E-state index contributed by atoms with van der Waals surface area (Å²) in [6, 6.07) is 7.14. The van der Waals surface area contributed by atoms with E-state index in [0.717, 1.165) is 41.8 Å². The van der Waals surface area contributed by atoms with E-state index in [0.29, 0.717) is 32.1 Å². The van der Waals surface area contributed by atoms with E-state index in [1.165, 1.54) is 17.7 Å². The lowest BCUT2D eigenvalue weighted by Gasteiger charge is -2.31. The SMILES string of the molecule is CC(C)Cc1cc2c(cn1)CCN(C(=O)N[C@@H]1CN(C)C[C@H]1c1ccc(C(F)(F)F)cc1)C2. The van der Waals surface area contributed by atoms with Crippen molar-refractivity contribution in [1.29, 1.82) is 0 Å². The van der Waals surface area contributed by atoms with Crippen molar-refractivity contribution in [1.82, 2.24) is 20.1 Å². The molecule has 0 aliphatic carbocycles. The van der Waals surface area contributed by atoms with Gasteiger partial charge in [-0.2, -0.15) is 13.2 Å². The Bertz CT molecular complexity index is 990. The first-order valence-electron chi connectivity index (χ1n) is 11.5. The number of aromatic nitrogens is 1. The normalized spacial score (nSPS) is 21.4. The molecule has 1 aromatic carbocycles. The Morgan fingerprint density at radius 3 is 2.58 bits per heavy atom. The first kappa shape index (κ1) is 23.5. The van der Waals surface area contributed by atoms with Gasteiger partial charge in [0.1, 0.15) is 0 Å². The Hall–Kier alpha value is -2.61. The van der Waals surface area contributed by atoms with E-state index in [2.05, 4.69) is 35.1 Å². The smallest absolute Gasteiger partial charge is 0.333 e. The fourth-order valence-corrected chi connectivity index (χ4v) is 4.84. The van der Waals surface area contributed by atoms with Crippen LogP contribution < -0.4 is 5.32 Å². The fourth-order valence-electron chi connectivity index (χ4n) is 4.84. The number of alkyl halides is 3. The summed E-state index contributed by atoms with van der Waals surface area (Å²) < 4.78 is 38.8. The van der Waals surface area contributed by atoms with E-state index in [9.17, 15) is 18.0 Å². The number of pyridine rings is 1. The van der Waals surface area contributed by atoms with Gasteiger partial charge in [-0.3, -0.25) is 4.98 Å². The Morgan fingerprint density at radius 1 is 1.18 bits per heavy atom. The van der Waals surface area contributed by atoms with E-state index in [1.807, 2.05) is 18.1 Å². The number of halogens is 3. The Kier molecular flexibility index (Phi) is 6.66. The molecule has 0 bridgehead atoms. The molecule has 2 aliphatic rings. The highest BCUT2D eigenvalue weighted by Crippen LogP contribution is 2.32. The zero-order valence-electron chi connectivity index (χ0n) is 19.3. The molecule has 0 spiro atoms. The van der Waals surface area contributed by atoms with Crippen LogP contribution in [-0.4, -0.2) is 53.5 Å². The van der Waals surface area contributed by atoms with Gasteiger partial charge < -0.3 is 15.1 Å². The number of urea groups is 1. The number of amides is 2. The number of likely N-dealkylation sites (N-methyl/N-ethyl adjacent to an activating group) is 1. The second-order valence-electron chi connectivity index (χ2n) is 9.72. The van der Waals surface area contributed by atoms with Gasteiger partial charge >= 0.3 is 12.2 Å². The number of hydrogen-bond acceptors (Lipinski definition) is 3. The summed E-state index contributed by atoms with van der Waals surface area (Å²) >= 11 is 0. The Morgan fingerprint density at radius 2 is 1.91 bits per heavy atom. The van der Waals surface area contributed by atoms with Gasteiger partial charge in [0, 0.05) is 44.0 Å². The molecule has 33 heavy (non-hydrogen) atoms. The van der Waals surface area contributed by atoms with Gasteiger partial charge in [-0.25, -0.2) is 4.79 Å². The Labute approximate surface area is 193 Å². The van der Waals surface area contributed by atoms with Gasteiger partial charge in [0.2, 0.25) is 0 Å². The molecular weight excluding hydrogens is 429 g/mol. The minimum Gasteiger partial charge on any atom is -0.333 e. The van der Waals surface area contributed by atoms with Crippen LogP contribution in [0.2, 0.25) is 0 Å². The van der Waals surface area contributed by atoms with E-state index in [1.54, 1.807) is 0 Å². The summed E-state index contributed by atoms with van der Waals surface area (Å²) in [6.07, 6.45) is -0.740. The van der Waals surface area contributed by atoms with E-state index >= 15 is 0 Å². The maximum absolute atomic E-state index is 13.1. The van der Waals surface area contributed by atoms with Gasteiger partial charge in [0.15, 0.2) is 0 Å². The number of rotatable bonds is 4. The van der Waals surface area contributed by atoms with Crippen molar-refractivity contribution in [3.05, 3.63) is 64.5 Å². The Balaban J connectivity index is 1.44. The molecule has 0 unspecified atom stereocenters. The van der Waals surface area contributed by atoms with Crippen LogP contribution in [0, 0.1) is 5.92 Å². The molecule has 0 saturated carbocycles. The largest absolute Gasteiger partial charge is 0.416 e. The number of nitrogens with zero attached hydrogens (tertiary/aromatic N) is 3. The van der Waals surface area contributed by atoms with Crippen molar-refractivity contribution >= 4 is 6.03 Å². The molecule has 3 heterocycles. The summed E-state index contributed by atoms with van der Waals surface area (Å²) in [6.45, 7) is 6.83. The topological polar surface area (TPSA) is 48.5 Å². The van der Waals surface area contributed by atoms with Gasteiger partial charge in [-0.15, -0.1) is 0 Å². The van der Waals surface area contributed by atoms with E-state index < -0.39 is 11.7 Å². The summed E-state index contributed by atoms with van der Waals surface area (Å²) in [7, 11) is 1.96. The van der Waals surface area contributed by atoms with Crippen molar-refractivity contribution < 1.29 is 18.0 Å². The molecule has 8 heteroatoms. The van der Waals surface area contributed by atoms with Crippen LogP contribution in [0.4, 0.5) is 18.0 Å². The van der Waals surface area contributed by atoms with Crippen LogP contribution in [-0.2, 0) is 25.6 Å². The monoisotopic (exact) mass is 460 g/mol. The summed E-state index contributed by atoms with van der Waals surface area (Å²) in [5.41, 5.74) is 3.54. The third-order valence-corrected chi connectivity index (χ3v) is 6.53. The molecule has 1 N–H and O–H groups in total. The minimum absolute atomic E-state index is 0.0554. The number of carbonyl (C=O) groups is 1. The predicted molar refractivity (Wildman–Crippen MR) is 121 cm³/mol. The number of nitrogens with one attached hydrogen (secondary N) is 1. The van der Waals surface area contributed by atoms with Gasteiger partial charge in [0.05, 0.1) is 11.6 Å². The van der Waals surface area contributed by atoms with Crippen molar-refractivity contribution in [3.8, 4) is 0 Å². The van der Waals surface area contributed by atoms with Crippen LogP contribution in [0.15, 0.2) is 36.5 Å². The average molecular weight is 461 g/mol. The van der Waals surface area contributed by atoms with E-state index in [-0.39, 0.29) is 18.0 Å². The first-order chi connectivity index (χ1) is 15.6. The number of carbonyl (C=O) groups excluding carboxylic acids is 1. The highest BCUT2D eigenvalue weighted by atomic mass is 19.4. The van der Waals surface area contributed by atoms with Crippen molar-refractivity contribution in [3.63, 3.8) is 0 Å². The van der Waals surface area contributed by atoms with Crippen LogP contribution >= 0.6 is 0 Å². The lowest BCUT2D eigenvalue weighted by atomic mass is 9.93. The van der Waals surface area contributed by atoms with Crippen molar-refractivity contribution in [2.45, 2.75) is 51.4 Å². The summed E-state index contributed by atoms with van der Waals surface area (Å²) in [4.78, 5) is 21.6. The second kappa shape index (κ2) is 9.33. The molecule has 1 aromatic heterocycles. The van der Waals surface area contributed by atoms with Crippen molar-refractivity contribution in [2.75, 3.05) is 26.7 Å². The third-order valence-electron chi connectivity index (χ3n) is 6.53. The summed E-state index contributed by atoms with van der Waals surface area (Å²) in [5.74, 6) is 0.459. The molecule has 178 valence electrons. The molecule has 1 saturated heterocycles. The minimum atomic E-state index is -4.35. The lowest BCUT2D eigenvalue weighted by molar-refractivity contribution is -0.137. The number of likely N-dealkylation sites (tertiary alicyclic amines) is 1. The molecule has 1 fully saturated rings. The highest BCUT2D eigenvalue weighted by Gasteiger charge is 2.36. The average Bonchev–Trinajstić information content (AvgIpc) is 3.12. The lowest BCUT2D eigenvalue weighted by Crippen LogP contribution is -2.48. The molecule has 2 amide bonds. The predicted octanol–water partition coefficient (Wildman–Crippen LogP) is 4.46. The maximum atomic E-state index is 13.1. The standard InChI is InChI=1S/C25H31F3N4O/c1-16(2)10-21-11-19-13-32(9-8-18(19)12-29-21)24(33)30-23-15-31(3)14-22(23)17-4-6-20(7-5-17)25(26,27)28/h4-7,11-12,16,22-23H,8-10,13-15H2,1-3H3,(H,30,33)/t22-,23+/m0/s1. The molecule has 4 rings (SSSR count). The number of fused-ring (bicyclic) bond motifs is 1. The molecule has 5 nitrogen and oxygen atoms in total. The number of benzene rings is 1. The fraction of sp³-hybridized carbons (Fsp3) is 0.520. The first-order valence-corrected chi connectivity index (χ1v) is 11.5. The van der Waals surface area contributed by atoms with Crippen molar-refractivity contribution in [2.24, 2.45) is 5.92 Å². The zero-order valence-corrected chi connectivity index (χ0v) is 19.3. The molecule has 2 atom stereocenters.